The number of aromatic nitrogens is 6. The van der Waals surface area contributed by atoms with E-state index < -0.39 is 0 Å². The monoisotopic (exact) mass is 421 g/mol. The summed E-state index contributed by atoms with van der Waals surface area (Å²) in [6.07, 6.45) is 7.28. The van der Waals surface area contributed by atoms with E-state index in [2.05, 4.69) is 30.0 Å². The van der Waals surface area contributed by atoms with E-state index in [1.807, 2.05) is 24.4 Å². The summed E-state index contributed by atoms with van der Waals surface area (Å²) in [7, 11) is 0. The van der Waals surface area contributed by atoms with E-state index >= 15 is 0 Å². The van der Waals surface area contributed by atoms with Crippen LogP contribution < -0.4 is 5.56 Å². The lowest BCUT2D eigenvalue weighted by Crippen LogP contribution is -2.34. The van der Waals surface area contributed by atoms with Gasteiger partial charge in [0.25, 0.3) is 5.56 Å². The molecule has 5 heterocycles. The van der Waals surface area contributed by atoms with Gasteiger partial charge in [-0.05, 0) is 31.5 Å². The summed E-state index contributed by atoms with van der Waals surface area (Å²) in [5.41, 5.74) is 3.20. The maximum atomic E-state index is 12.3. The van der Waals surface area contributed by atoms with Gasteiger partial charge in [0.2, 0.25) is 0 Å². The summed E-state index contributed by atoms with van der Waals surface area (Å²) in [6, 6.07) is 7.17. The van der Waals surface area contributed by atoms with Crippen molar-refractivity contribution in [3.8, 4) is 11.5 Å². The third kappa shape index (κ3) is 3.71. The average Bonchev–Trinajstić information content (AvgIpc) is 3.16. The number of halogens is 1. The SMILES string of the molecule is O=c1cc([C@@H]2CCCN(Cc3cncc4c(Cl)[nH]nc34)C2)nc(-c2ccccn2)[nH]1. The molecule has 0 aliphatic carbocycles. The number of piperidine rings is 1. The van der Waals surface area contributed by atoms with Crippen LogP contribution in [0.2, 0.25) is 5.15 Å². The molecule has 1 saturated heterocycles. The van der Waals surface area contributed by atoms with Crippen molar-refractivity contribution in [2.24, 2.45) is 0 Å². The zero-order valence-electron chi connectivity index (χ0n) is 16.2. The Morgan fingerprint density at radius 3 is 3.07 bits per heavy atom. The molecule has 0 aromatic carbocycles. The van der Waals surface area contributed by atoms with E-state index in [0.29, 0.717) is 16.7 Å². The molecule has 1 atom stereocenters. The van der Waals surface area contributed by atoms with Gasteiger partial charge in [0.05, 0.1) is 11.1 Å². The smallest absolute Gasteiger partial charge is 0.251 e. The van der Waals surface area contributed by atoms with Crippen molar-refractivity contribution in [1.82, 2.24) is 35.0 Å². The second kappa shape index (κ2) is 7.97. The number of hydrogen-bond acceptors (Lipinski definition) is 6. The predicted octanol–water partition coefficient (Wildman–Crippen LogP) is 3.14. The van der Waals surface area contributed by atoms with Crippen molar-refractivity contribution in [1.29, 1.82) is 0 Å². The molecule has 30 heavy (non-hydrogen) atoms. The van der Waals surface area contributed by atoms with Gasteiger partial charge < -0.3 is 4.98 Å². The quantitative estimate of drug-likeness (QED) is 0.524. The molecule has 4 aromatic rings. The first-order valence-electron chi connectivity index (χ1n) is 9.89. The van der Waals surface area contributed by atoms with Gasteiger partial charge in [0, 0.05) is 49.2 Å². The van der Waals surface area contributed by atoms with E-state index in [4.69, 9.17) is 16.6 Å². The fourth-order valence-corrected chi connectivity index (χ4v) is 4.24. The molecule has 1 aliphatic heterocycles. The number of nitrogens with zero attached hydrogens (tertiary/aromatic N) is 5. The number of pyridine rings is 2. The third-order valence-corrected chi connectivity index (χ3v) is 5.77. The molecule has 152 valence electrons. The average molecular weight is 422 g/mol. The molecule has 9 heteroatoms. The summed E-state index contributed by atoms with van der Waals surface area (Å²) >= 11 is 6.15. The molecule has 8 nitrogen and oxygen atoms in total. The predicted molar refractivity (Wildman–Crippen MR) is 114 cm³/mol. The van der Waals surface area contributed by atoms with E-state index in [0.717, 1.165) is 54.6 Å². The summed E-state index contributed by atoms with van der Waals surface area (Å²) < 4.78 is 0. The Hall–Kier alpha value is -3.10. The first-order chi connectivity index (χ1) is 14.7. The van der Waals surface area contributed by atoms with E-state index in [-0.39, 0.29) is 11.5 Å². The number of fused-ring (bicyclic) bond motifs is 1. The molecule has 1 aliphatic rings. The van der Waals surface area contributed by atoms with Crippen LogP contribution in [0.3, 0.4) is 0 Å². The lowest BCUT2D eigenvalue weighted by atomic mass is 9.94. The molecular formula is C21H20ClN7O. The molecule has 0 bridgehead atoms. The maximum absolute atomic E-state index is 12.3. The normalized spacial score (nSPS) is 17.4. The van der Waals surface area contributed by atoms with E-state index in [1.165, 1.54) is 0 Å². The molecule has 1 fully saturated rings. The molecule has 0 spiro atoms. The van der Waals surface area contributed by atoms with E-state index in [9.17, 15) is 4.79 Å². The van der Waals surface area contributed by atoms with Crippen molar-refractivity contribution in [3.05, 3.63) is 69.6 Å². The zero-order valence-corrected chi connectivity index (χ0v) is 16.9. The van der Waals surface area contributed by atoms with Crippen LogP contribution in [0.1, 0.15) is 30.0 Å². The molecule has 0 unspecified atom stereocenters. The van der Waals surface area contributed by atoms with Crippen LogP contribution in [0, 0.1) is 0 Å². The molecular weight excluding hydrogens is 402 g/mol. The molecule has 5 rings (SSSR count). The number of nitrogens with one attached hydrogen (secondary N) is 2. The van der Waals surface area contributed by atoms with Gasteiger partial charge in [-0.1, -0.05) is 17.7 Å². The fraction of sp³-hybridized carbons (Fsp3) is 0.286. The Balaban J connectivity index is 1.39. The third-order valence-electron chi connectivity index (χ3n) is 5.48. The largest absolute Gasteiger partial charge is 0.305 e. The van der Waals surface area contributed by atoms with Crippen LogP contribution in [0.5, 0.6) is 0 Å². The number of hydrogen-bond donors (Lipinski definition) is 2. The van der Waals surface area contributed by atoms with Crippen LogP contribution in [-0.4, -0.2) is 48.1 Å². The second-order valence-corrected chi connectivity index (χ2v) is 7.92. The summed E-state index contributed by atoms with van der Waals surface area (Å²) in [5.74, 6) is 0.689. The van der Waals surface area contributed by atoms with Gasteiger partial charge in [0.15, 0.2) is 5.82 Å². The van der Waals surface area contributed by atoms with Crippen LogP contribution in [0.4, 0.5) is 0 Å². The lowest BCUT2D eigenvalue weighted by Gasteiger charge is -2.32. The summed E-state index contributed by atoms with van der Waals surface area (Å²) in [5, 5.41) is 8.49. The minimum atomic E-state index is -0.155. The minimum Gasteiger partial charge on any atom is -0.305 e. The van der Waals surface area contributed by atoms with Gasteiger partial charge in [-0.25, -0.2) is 4.98 Å². The number of aromatic amines is 2. The number of rotatable bonds is 4. The van der Waals surface area contributed by atoms with Crippen LogP contribution in [0.15, 0.2) is 47.7 Å². The molecule has 2 N–H and O–H groups in total. The summed E-state index contributed by atoms with van der Waals surface area (Å²) in [6.45, 7) is 2.51. The van der Waals surface area contributed by atoms with Gasteiger partial charge in [-0.3, -0.25) is 24.8 Å². The Labute approximate surface area is 177 Å². The highest BCUT2D eigenvalue weighted by molar-refractivity contribution is 6.34. The van der Waals surface area contributed by atoms with Crippen molar-refractivity contribution >= 4 is 22.5 Å². The second-order valence-electron chi connectivity index (χ2n) is 7.54. The van der Waals surface area contributed by atoms with Crippen molar-refractivity contribution in [2.75, 3.05) is 13.1 Å². The highest BCUT2D eigenvalue weighted by atomic mass is 35.5. The molecule has 0 amide bonds. The standard InChI is InChI=1S/C21H20ClN7O/c22-20-15-10-23-9-14(19(15)27-28-20)12-29-7-3-4-13(11-29)17-8-18(30)26-21(25-17)16-5-1-2-6-24-16/h1-2,5-6,8-10,13H,3-4,7,11-12H2,(H,27,28)(H,25,26,30)/t13-/m1/s1. The Bertz CT molecular complexity index is 1240. The van der Waals surface area contributed by atoms with Gasteiger partial charge in [-0.2, -0.15) is 5.10 Å². The minimum absolute atomic E-state index is 0.155. The van der Waals surface area contributed by atoms with Crippen LogP contribution in [0.25, 0.3) is 22.4 Å². The highest BCUT2D eigenvalue weighted by Gasteiger charge is 2.24. The first-order valence-corrected chi connectivity index (χ1v) is 10.3. The Morgan fingerprint density at radius 2 is 2.20 bits per heavy atom. The lowest BCUT2D eigenvalue weighted by molar-refractivity contribution is 0.199. The van der Waals surface area contributed by atoms with Crippen molar-refractivity contribution in [3.63, 3.8) is 0 Å². The number of H-pyrrole nitrogens is 2. The van der Waals surface area contributed by atoms with Crippen molar-refractivity contribution in [2.45, 2.75) is 25.3 Å². The van der Waals surface area contributed by atoms with Gasteiger partial charge in [-0.15, -0.1) is 0 Å². The topological polar surface area (TPSA) is 103 Å². The number of likely N-dealkylation sites (tertiary alicyclic amines) is 1. The first kappa shape index (κ1) is 18.9. The fourth-order valence-electron chi connectivity index (χ4n) is 4.06. The van der Waals surface area contributed by atoms with Crippen LogP contribution >= 0.6 is 11.6 Å². The molecule has 0 radical (unpaired) electrons. The van der Waals surface area contributed by atoms with Crippen LogP contribution in [-0.2, 0) is 6.54 Å². The van der Waals surface area contributed by atoms with Gasteiger partial charge >= 0.3 is 0 Å². The van der Waals surface area contributed by atoms with E-state index in [1.54, 1.807) is 18.5 Å². The summed E-state index contributed by atoms with van der Waals surface area (Å²) in [4.78, 5) is 30.8. The van der Waals surface area contributed by atoms with Crippen molar-refractivity contribution < 1.29 is 0 Å². The highest BCUT2D eigenvalue weighted by Crippen LogP contribution is 2.28. The Morgan fingerprint density at radius 1 is 1.27 bits per heavy atom. The zero-order chi connectivity index (χ0) is 20.5. The molecule has 4 aromatic heterocycles. The molecule has 0 saturated carbocycles. The maximum Gasteiger partial charge on any atom is 0.251 e. The van der Waals surface area contributed by atoms with Gasteiger partial charge in [0.1, 0.15) is 16.4 Å². The Kier molecular flexibility index (Phi) is 5.02.